The van der Waals surface area contributed by atoms with Crippen molar-refractivity contribution >= 4 is 11.8 Å². The van der Waals surface area contributed by atoms with Crippen molar-refractivity contribution in [3.63, 3.8) is 0 Å². The fourth-order valence-corrected chi connectivity index (χ4v) is 1.58. The van der Waals surface area contributed by atoms with Crippen LogP contribution in [0, 0.1) is 5.92 Å². The van der Waals surface area contributed by atoms with Crippen molar-refractivity contribution in [3.05, 3.63) is 12.2 Å². The van der Waals surface area contributed by atoms with Gasteiger partial charge in [0.05, 0.1) is 0 Å². The lowest BCUT2D eigenvalue weighted by Crippen LogP contribution is -2.32. The average molecular weight is 283 g/mol. The second kappa shape index (κ2) is 10.4. The van der Waals surface area contributed by atoms with E-state index in [9.17, 15) is 9.59 Å². The Bertz CT molecular complexity index is 327. The summed E-state index contributed by atoms with van der Waals surface area (Å²) < 4.78 is 0. The molecule has 2 amide bonds. The zero-order valence-electron chi connectivity index (χ0n) is 13.3. The van der Waals surface area contributed by atoms with Gasteiger partial charge in [-0.1, -0.05) is 20.4 Å². The summed E-state index contributed by atoms with van der Waals surface area (Å²) in [6, 6.07) is 0. The van der Waals surface area contributed by atoms with Crippen LogP contribution in [0.1, 0.15) is 33.6 Å². The van der Waals surface area contributed by atoms with Crippen LogP contribution in [0.2, 0.25) is 0 Å². The molecule has 116 valence electrons. The molecule has 0 aliphatic rings. The van der Waals surface area contributed by atoms with Gasteiger partial charge in [-0.15, -0.1) is 0 Å². The number of nitrogens with zero attached hydrogens (tertiary/aromatic N) is 1. The third kappa shape index (κ3) is 9.55. The molecule has 0 rings (SSSR count). The van der Waals surface area contributed by atoms with E-state index in [1.807, 2.05) is 20.9 Å². The molecule has 0 aromatic rings. The summed E-state index contributed by atoms with van der Waals surface area (Å²) in [4.78, 5) is 24.8. The summed E-state index contributed by atoms with van der Waals surface area (Å²) in [6.45, 7) is 12.3. The van der Waals surface area contributed by atoms with Gasteiger partial charge in [-0.25, -0.2) is 0 Å². The molecular formula is C15H29N3O2. The molecule has 0 aliphatic carbocycles. The lowest BCUT2D eigenvalue weighted by atomic mass is 10.2. The first-order valence-corrected chi connectivity index (χ1v) is 7.24. The van der Waals surface area contributed by atoms with Crippen LogP contribution >= 0.6 is 0 Å². The van der Waals surface area contributed by atoms with Gasteiger partial charge in [-0.2, -0.15) is 0 Å². The summed E-state index contributed by atoms with van der Waals surface area (Å²) in [5.74, 6) is 0.0730. The molecule has 0 atom stereocenters. The predicted molar refractivity (Wildman–Crippen MR) is 82.4 cm³/mol. The number of carbonyl (C=O) groups excluding carboxylic acids is 2. The number of nitrogens with one attached hydrogen (secondary N) is 2. The number of carbonyl (C=O) groups is 2. The molecule has 0 aliphatic heterocycles. The van der Waals surface area contributed by atoms with Gasteiger partial charge in [-0.3, -0.25) is 9.59 Å². The van der Waals surface area contributed by atoms with E-state index in [4.69, 9.17) is 0 Å². The van der Waals surface area contributed by atoms with Crippen molar-refractivity contribution in [3.8, 4) is 0 Å². The molecule has 0 spiro atoms. The van der Waals surface area contributed by atoms with Gasteiger partial charge >= 0.3 is 0 Å². The van der Waals surface area contributed by atoms with Crippen molar-refractivity contribution in [2.24, 2.45) is 5.92 Å². The molecule has 5 nitrogen and oxygen atoms in total. The van der Waals surface area contributed by atoms with Crippen molar-refractivity contribution < 1.29 is 9.59 Å². The molecule has 0 aromatic carbocycles. The Morgan fingerprint density at radius 2 is 1.60 bits per heavy atom. The van der Waals surface area contributed by atoms with Crippen LogP contribution in [-0.2, 0) is 9.59 Å². The van der Waals surface area contributed by atoms with Gasteiger partial charge < -0.3 is 15.5 Å². The highest BCUT2D eigenvalue weighted by Gasteiger charge is 2.05. The Morgan fingerprint density at radius 3 is 2.05 bits per heavy atom. The summed E-state index contributed by atoms with van der Waals surface area (Å²) >= 11 is 0. The lowest BCUT2D eigenvalue weighted by molar-refractivity contribution is -0.124. The number of hydrogen-bond donors (Lipinski definition) is 2. The van der Waals surface area contributed by atoms with Gasteiger partial charge in [0.2, 0.25) is 11.8 Å². The highest BCUT2D eigenvalue weighted by molar-refractivity contribution is 5.91. The maximum absolute atomic E-state index is 11.3. The van der Waals surface area contributed by atoms with E-state index >= 15 is 0 Å². The van der Waals surface area contributed by atoms with E-state index in [1.54, 1.807) is 6.92 Å². The first-order chi connectivity index (χ1) is 9.34. The fraction of sp³-hybridized carbons (Fsp3) is 0.733. The Kier molecular flexibility index (Phi) is 9.72. The van der Waals surface area contributed by atoms with E-state index in [0.717, 1.165) is 25.9 Å². The lowest BCUT2D eigenvalue weighted by Gasteiger charge is -2.17. The summed E-state index contributed by atoms with van der Waals surface area (Å²) in [6.07, 6.45) is 1.85. The van der Waals surface area contributed by atoms with Crippen LogP contribution in [0.5, 0.6) is 0 Å². The third-order valence-electron chi connectivity index (χ3n) is 2.93. The zero-order chi connectivity index (χ0) is 15.5. The van der Waals surface area contributed by atoms with Gasteiger partial charge in [-0.05, 0) is 39.9 Å². The number of hydrogen-bond acceptors (Lipinski definition) is 3. The maximum Gasteiger partial charge on any atom is 0.246 e. The van der Waals surface area contributed by atoms with Gasteiger partial charge in [0.25, 0.3) is 0 Å². The molecule has 5 heteroatoms. The first kappa shape index (κ1) is 18.6. The zero-order valence-corrected chi connectivity index (χ0v) is 13.3. The minimum atomic E-state index is -0.0796. The summed E-state index contributed by atoms with van der Waals surface area (Å²) in [7, 11) is 2.05. The Morgan fingerprint density at radius 1 is 1.10 bits per heavy atom. The average Bonchev–Trinajstić information content (AvgIpc) is 2.38. The predicted octanol–water partition coefficient (Wildman–Crippen LogP) is 1.16. The minimum Gasteiger partial charge on any atom is -0.356 e. The molecule has 0 unspecified atom stereocenters. The second-order valence-corrected chi connectivity index (χ2v) is 5.49. The van der Waals surface area contributed by atoms with E-state index in [1.165, 1.54) is 0 Å². The Balaban J connectivity index is 3.50. The second-order valence-electron chi connectivity index (χ2n) is 5.49. The monoisotopic (exact) mass is 283 g/mol. The van der Waals surface area contributed by atoms with Crippen molar-refractivity contribution in [1.82, 2.24) is 15.5 Å². The standard InChI is InChI=1S/C15H29N3O2/c1-12(2)14(19)16-8-6-10-18(5)11-7-9-17-15(20)13(3)4/h13H,1,6-11H2,2-5H3,(H,16,19)(H,17,20). The summed E-state index contributed by atoms with van der Waals surface area (Å²) in [5, 5.41) is 5.71. The van der Waals surface area contributed by atoms with E-state index < -0.39 is 0 Å². The van der Waals surface area contributed by atoms with Gasteiger partial charge in [0.1, 0.15) is 0 Å². The largest absolute Gasteiger partial charge is 0.356 e. The maximum atomic E-state index is 11.3. The molecule has 0 fully saturated rings. The molecule has 0 saturated heterocycles. The fourth-order valence-electron chi connectivity index (χ4n) is 1.58. The third-order valence-corrected chi connectivity index (χ3v) is 2.93. The van der Waals surface area contributed by atoms with Crippen LogP contribution in [0.3, 0.4) is 0 Å². The Labute approximate surface area is 122 Å². The van der Waals surface area contributed by atoms with Gasteiger partial charge in [0, 0.05) is 24.6 Å². The number of amides is 2. The molecule has 2 N–H and O–H groups in total. The summed E-state index contributed by atoms with van der Waals surface area (Å²) in [5.41, 5.74) is 0.541. The highest BCUT2D eigenvalue weighted by Crippen LogP contribution is 1.93. The van der Waals surface area contributed by atoms with Crippen LogP contribution < -0.4 is 10.6 Å². The molecule has 0 radical (unpaired) electrons. The normalized spacial score (nSPS) is 10.7. The topological polar surface area (TPSA) is 61.4 Å². The van der Waals surface area contributed by atoms with E-state index in [0.29, 0.717) is 18.7 Å². The van der Waals surface area contributed by atoms with Crippen LogP contribution in [0.25, 0.3) is 0 Å². The van der Waals surface area contributed by atoms with Gasteiger partial charge in [0.15, 0.2) is 0 Å². The van der Waals surface area contributed by atoms with Crippen LogP contribution in [0.15, 0.2) is 12.2 Å². The van der Waals surface area contributed by atoms with Crippen molar-refractivity contribution in [1.29, 1.82) is 0 Å². The SMILES string of the molecule is C=C(C)C(=O)NCCCN(C)CCCNC(=O)C(C)C. The van der Waals surface area contributed by atoms with E-state index in [2.05, 4.69) is 22.1 Å². The smallest absolute Gasteiger partial charge is 0.246 e. The molecule has 0 heterocycles. The molecule has 0 bridgehead atoms. The molecule has 20 heavy (non-hydrogen) atoms. The first-order valence-electron chi connectivity index (χ1n) is 7.24. The highest BCUT2D eigenvalue weighted by atomic mass is 16.2. The Hall–Kier alpha value is -1.36. The number of rotatable bonds is 10. The van der Waals surface area contributed by atoms with E-state index in [-0.39, 0.29) is 17.7 Å². The van der Waals surface area contributed by atoms with Crippen molar-refractivity contribution in [2.75, 3.05) is 33.2 Å². The minimum absolute atomic E-state index is 0.0460. The van der Waals surface area contributed by atoms with Crippen LogP contribution in [-0.4, -0.2) is 49.9 Å². The molecular weight excluding hydrogens is 254 g/mol. The quantitative estimate of drug-likeness (QED) is 0.467. The molecule has 0 aromatic heterocycles. The molecule has 0 saturated carbocycles. The van der Waals surface area contributed by atoms with Crippen molar-refractivity contribution in [2.45, 2.75) is 33.6 Å². The van der Waals surface area contributed by atoms with Crippen LogP contribution in [0.4, 0.5) is 0 Å².